The van der Waals surface area contributed by atoms with Crippen LogP contribution in [0.3, 0.4) is 0 Å². The third-order valence-electron chi connectivity index (χ3n) is 2.70. The lowest BCUT2D eigenvalue weighted by Crippen LogP contribution is -2.19. The number of nitrogens with two attached hydrogens (primary N) is 1. The Morgan fingerprint density at radius 3 is 3.06 bits per heavy atom. The van der Waals surface area contributed by atoms with E-state index in [1.54, 1.807) is 0 Å². The van der Waals surface area contributed by atoms with Crippen molar-refractivity contribution in [2.75, 3.05) is 13.2 Å². The number of nitrogens with one attached hydrogen (secondary N) is 1. The Morgan fingerprint density at radius 1 is 1.56 bits per heavy atom. The molecule has 6 heteroatoms. The van der Waals surface area contributed by atoms with Crippen LogP contribution in [-0.2, 0) is 16.1 Å². The second-order valence-corrected chi connectivity index (χ2v) is 4.46. The average Bonchev–Trinajstić information content (AvgIpc) is 2.62. The summed E-state index contributed by atoms with van der Waals surface area (Å²) >= 11 is 5.27. The van der Waals surface area contributed by atoms with E-state index >= 15 is 0 Å². The highest BCUT2D eigenvalue weighted by Gasteiger charge is 2.06. The van der Waals surface area contributed by atoms with Crippen LogP contribution < -0.4 is 5.73 Å². The summed E-state index contributed by atoms with van der Waals surface area (Å²) in [4.78, 5) is 13.7. The van der Waals surface area contributed by atoms with Gasteiger partial charge in [0.05, 0.1) is 17.6 Å². The van der Waals surface area contributed by atoms with Crippen molar-refractivity contribution in [1.82, 2.24) is 9.55 Å². The normalized spacial score (nSPS) is 10.9. The van der Waals surface area contributed by atoms with Crippen LogP contribution in [0.25, 0.3) is 11.0 Å². The van der Waals surface area contributed by atoms with Crippen LogP contribution >= 0.6 is 12.2 Å². The molecule has 0 aliphatic heterocycles. The molecule has 1 heterocycles. The quantitative estimate of drug-likeness (QED) is 0.635. The van der Waals surface area contributed by atoms with Gasteiger partial charge in [-0.1, -0.05) is 12.1 Å². The van der Waals surface area contributed by atoms with Crippen LogP contribution in [-0.4, -0.2) is 28.7 Å². The molecule has 0 radical (unpaired) electrons. The molecule has 0 saturated carbocycles. The monoisotopic (exact) mass is 265 g/mol. The smallest absolute Gasteiger partial charge is 0.243 e. The van der Waals surface area contributed by atoms with Crippen LogP contribution in [0.4, 0.5) is 0 Å². The molecule has 0 aliphatic rings. The number of primary amides is 1. The van der Waals surface area contributed by atoms with Crippen LogP contribution in [0.5, 0.6) is 0 Å². The zero-order valence-corrected chi connectivity index (χ0v) is 10.9. The topological polar surface area (TPSA) is 73.0 Å². The van der Waals surface area contributed by atoms with E-state index < -0.39 is 5.91 Å². The molecule has 1 amide bonds. The van der Waals surface area contributed by atoms with Gasteiger partial charge >= 0.3 is 0 Å². The Kier molecular flexibility index (Phi) is 3.78. The highest BCUT2D eigenvalue weighted by Crippen LogP contribution is 2.17. The van der Waals surface area contributed by atoms with E-state index in [1.165, 1.54) is 0 Å². The largest absolute Gasteiger partial charge is 0.370 e. The van der Waals surface area contributed by atoms with Crippen LogP contribution in [0.2, 0.25) is 0 Å². The summed E-state index contributed by atoms with van der Waals surface area (Å²) in [5.74, 6) is -0.464. The van der Waals surface area contributed by atoms with Crippen molar-refractivity contribution >= 4 is 29.2 Å². The van der Waals surface area contributed by atoms with Crippen molar-refractivity contribution < 1.29 is 9.53 Å². The molecule has 1 aromatic carbocycles. The number of aromatic amines is 1. The lowest BCUT2D eigenvalue weighted by molar-refractivity contribution is -0.122. The molecule has 2 rings (SSSR count). The maximum Gasteiger partial charge on any atom is 0.243 e. The summed E-state index contributed by atoms with van der Waals surface area (Å²) in [7, 11) is 0. The standard InChI is InChI=1S/C12H15N3O2S/c1-8-3-2-4-9-11(8)15(12(18)14-9)5-6-17-7-10(13)16/h2-4H,5-7H2,1H3,(H2,13,16)(H,14,18). The first-order chi connectivity index (χ1) is 8.59. The number of rotatable bonds is 5. The minimum absolute atomic E-state index is 0.0609. The van der Waals surface area contributed by atoms with Gasteiger partial charge in [-0.3, -0.25) is 4.79 Å². The predicted octanol–water partition coefficient (Wildman–Crippen LogP) is 1.51. The van der Waals surface area contributed by atoms with E-state index in [0.29, 0.717) is 17.9 Å². The molecule has 5 nitrogen and oxygen atoms in total. The molecule has 96 valence electrons. The first-order valence-electron chi connectivity index (χ1n) is 5.64. The maximum atomic E-state index is 10.6. The number of fused-ring (bicyclic) bond motifs is 1. The first-order valence-corrected chi connectivity index (χ1v) is 6.04. The number of ether oxygens (including phenoxy) is 1. The van der Waals surface area contributed by atoms with E-state index in [1.807, 2.05) is 29.7 Å². The maximum absolute atomic E-state index is 10.6. The van der Waals surface area contributed by atoms with Gasteiger partial charge in [-0.2, -0.15) is 0 Å². The third-order valence-corrected chi connectivity index (χ3v) is 3.02. The summed E-state index contributed by atoms with van der Waals surface area (Å²) in [5, 5.41) is 0. The number of aromatic nitrogens is 2. The fourth-order valence-corrected chi connectivity index (χ4v) is 2.24. The molecular formula is C12H15N3O2S. The predicted molar refractivity (Wildman–Crippen MR) is 71.9 cm³/mol. The molecule has 0 atom stereocenters. The Bertz CT molecular complexity index is 630. The van der Waals surface area contributed by atoms with E-state index in [0.717, 1.165) is 16.6 Å². The van der Waals surface area contributed by atoms with Crippen molar-refractivity contribution in [2.45, 2.75) is 13.5 Å². The number of amides is 1. The Morgan fingerprint density at radius 2 is 2.33 bits per heavy atom. The Hall–Kier alpha value is -1.66. The molecule has 0 aliphatic carbocycles. The number of carbonyl (C=O) groups is 1. The zero-order chi connectivity index (χ0) is 13.1. The summed E-state index contributed by atoms with van der Waals surface area (Å²) in [6.07, 6.45) is 0. The lowest BCUT2D eigenvalue weighted by atomic mass is 10.2. The van der Waals surface area contributed by atoms with Gasteiger partial charge in [0.1, 0.15) is 6.61 Å². The van der Waals surface area contributed by atoms with Gasteiger partial charge in [-0.05, 0) is 30.8 Å². The molecule has 0 spiro atoms. The van der Waals surface area contributed by atoms with Crippen molar-refractivity contribution in [3.63, 3.8) is 0 Å². The van der Waals surface area contributed by atoms with Crippen LogP contribution in [0, 0.1) is 11.7 Å². The summed E-state index contributed by atoms with van der Waals surface area (Å²) in [5.41, 5.74) is 8.23. The van der Waals surface area contributed by atoms with Crippen molar-refractivity contribution in [1.29, 1.82) is 0 Å². The highest BCUT2D eigenvalue weighted by atomic mass is 32.1. The van der Waals surface area contributed by atoms with Crippen molar-refractivity contribution in [2.24, 2.45) is 5.73 Å². The lowest BCUT2D eigenvalue weighted by Gasteiger charge is -2.06. The number of nitrogens with zero attached hydrogens (tertiary/aromatic N) is 1. The first kappa shape index (κ1) is 12.8. The number of imidazole rings is 1. The third kappa shape index (κ3) is 2.60. The van der Waals surface area contributed by atoms with Gasteiger partial charge in [0.25, 0.3) is 0 Å². The fraction of sp³-hybridized carbons (Fsp3) is 0.333. The molecule has 0 saturated heterocycles. The number of hydrogen-bond donors (Lipinski definition) is 2. The average molecular weight is 265 g/mol. The summed E-state index contributed by atoms with van der Waals surface area (Å²) < 4.78 is 7.78. The second-order valence-electron chi connectivity index (χ2n) is 4.07. The summed E-state index contributed by atoms with van der Waals surface area (Å²) in [6.45, 7) is 2.97. The van der Waals surface area contributed by atoms with Crippen LogP contribution in [0.1, 0.15) is 5.56 Å². The Balaban J connectivity index is 2.20. The SMILES string of the molecule is Cc1cccc2[nH]c(=S)n(CCOCC(N)=O)c12. The molecule has 0 fully saturated rings. The van der Waals surface area contributed by atoms with Crippen molar-refractivity contribution in [3.8, 4) is 0 Å². The number of hydrogen-bond acceptors (Lipinski definition) is 3. The number of benzene rings is 1. The van der Waals surface area contributed by atoms with Gasteiger partial charge in [-0.15, -0.1) is 0 Å². The minimum atomic E-state index is -0.464. The minimum Gasteiger partial charge on any atom is -0.370 e. The molecule has 0 bridgehead atoms. The van der Waals surface area contributed by atoms with Gasteiger partial charge in [0.15, 0.2) is 4.77 Å². The molecular weight excluding hydrogens is 250 g/mol. The summed E-state index contributed by atoms with van der Waals surface area (Å²) in [6, 6.07) is 6.00. The highest BCUT2D eigenvalue weighted by molar-refractivity contribution is 7.71. The fourth-order valence-electron chi connectivity index (χ4n) is 1.94. The molecule has 0 unspecified atom stereocenters. The van der Waals surface area contributed by atoms with E-state index in [9.17, 15) is 4.79 Å². The number of H-pyrrole nitrogens is 1. The van der Waals surface area contributed by atoms with Gasteiger partial charge in [0.2, 0.25) is 5.91 Å². The number of para-hydroxylation sites is 1. The molecule has 3 N–H and O–H groups in total. The van der Waals surface area contributed by atoms with E-state index in [-0.39, 0.29) is 6.61 Å². The zero-order valence-electron chi connectivity index (χ0n) is 10.1. The van der Waals surface area contributed by atoms with E-state index in [2.05, 4.69) is 4.98 Å². The van der Waals surface area contributed by atoms with Gasteiger partial charge in [-0.25, -0.2) is 0 Å². The molecule has 18 heavy (non-hydrogen) atoms. The van der Waals surface area contributed by atoms with E-state index in [4.69, 9.17) is 22.7 Å². The number of aryl methyl sites for hydroxylation is 1. The number of carbonyl (C=O) groups excluding carboxylic acids is 1. The van der Waals surface area contributed by atoms with Crippen LogP contribution in [0.15, 0.2) is 18.2 Å². The van der Waals surface area contributed by atoms with Gasteiger partial charge < -0.3 is 20.0 Å². The molecule has 1 aromatic heterocycles. The Labute approximate surface area is 110 Å². The van der Waals surface area contributed by atoms with Crippen molar-refractivity contribution in [3.05, 3.63) is 28.5 Å². The molecule has 2 aromatic rings. The second kappa shape index (κ2) is 5.32. The van der Waals surface area contributed by atoms with Gasteiger partial charge in [0, 0.05) is 6.54 Å².